The second-order valence-electron chi connectivity index (χ2n) is 8.02. The van der Waals surface area contributed by atoms with Gasteiger partial charge in [-0.3, -0.25) is 0 Å². The van der Waals surface area contributed by atoms with Gasteiger partial charge >= 0.3 is 6.03 Å². The van der Waals surface area contributed by atoms with Gasteiger partial charge in [0.05, 0.1) is 6.20 Å². The summed E-state index contributed by atoms with van der Waals surface area (Å²) in [5.74, 6) is 0. The predicted molar refractivity (Wildman–Crippen MR) is 115 cm³/mol. The average molecular weight is 435 g/mol. The number of benzene rings is 1. The number of nitrogens with zero attached hydrogens (tertiary/aromatic N) is 2. The van der Waals surface area contributed by atoms with E-state index >= 15 is 0 Å². The fourth-order valence-electron chi connectivity index (χ4n) is 4.03. The molecule has 0 aliphatic heterocycles. The van der Waals surface area contributed by atoms with Crippen LogP contribution in [0.1, 0.15) is 54.0 Å². The van der Waals surface area contributed by atoms with E-state index in [4.69, 9.17) is 9.88 Å². The molecule has 4 rings (SSSR count). The number of carbonyl (C=O) groups is 1. The van der Waals surface area contributed by atoms with Crippen molar-refractivity contribution in [3.05, 3.63) is 39.5 Å². The largest absolute Gasteiger partial charge is 0.372 e. The Balaban J connectivity index is 1.63. The fraction of sp³-hybridized carbons (Fsp3) is 0.500. The smallest absolute Gasteiger partial charge is 0.354 e. The number of amides is 2. The molecule has 3 N–H and O–H groups in total. The molecule has 2 aromatic rings. The van der Waals surface area contributed by atoms with Gasteiger partial charge < -0.3 is 10.1 Å². The Kier molecular flexibility index (Phi) is 5.27. The quantitative estimate of drug-likeness (QED) is 0.760. The minimum atomic E-state index is -3.39. The highest BCUT2D eigenvalue weighted by Crippen LogP contribution is 2.38. The molecule has 1 atom stereocenters. The number of thiazole rings is 1. The number of nitrogens with one attached hydrogen (secondary N) is 1. The Morgan fingerprint density at radius 3 is 2.45 bits per heavy atom. The summed E-state index contributed by atoms with van der Waals surface area (Å²) in [4.78, 5) is 16.9. The van der Waals surface area contributed by atoms with Gasteiger partial charge in [-0.15, -0.1) is 15.7 Å². The van der Waals surface area contributed by atoms with Crippen LogP contribution in [0.25, 0.3) is 0 Å². The molecule has 156 valence electrons. The molecule has 1 heterocycles. The molecule has 1 aromatic heterocycles. The highest BCUT2D eigenvalue weighted by atomic mass is 32.2. The van der Waals surface area contributed by atoms with Crippen LogP contribution in [0.4, 0.5) is 10.5 Å². The van der Waals surface area contributed by atoms with Crippen molar-refractivity contribution in [1.82, 2.24) is 4.98 Å². The summed E-state index contributed by atoms with van der Waals surface area (Å²) < 4.78 is 22.5. The molecule has 0 radical (unpaired) electrons. The lowest BCUT2D eigenvalue weighted by atomic mass is 9.99. The van der Waals surface area contributed by atoms with E-state index in [0.717, 1.165) is 55.5 Å². The standard InChI is InChI=1S/C20H26N4O3S2/c1-20(2,27-3)18-22-11-16(28-18)29(21,26)24-19(25)23-17-14-8-4-6-12(14)10-13-7-5-9-15(13)17/h10-11H,4-9H2,1-3H3,(H3,21,23,24,25,26)/t29-/m1/s1. The van der Waals surface area contributed by atoms with Gasteiger partial charge in [0.15, 0.2) is 9.92 Å². The molecular weight excluding hydrogens is 408 g/mol. The first-order valence-electron chi connectivity index (χ1n) is 9.75. The first-order valence-corrected chi connectivity index (χ1v) is 12.1. The number of ether oxygens (including phenoxy) is 1. The zero-order valence-corrected chi connectivity index (χ0v) is 18.5. The molecule has 2 amide bonds. The maximum Gasteiger partial charge on any atom is 0.354 e. The Labute approximate surface area is 175 Å². The molecule has 29 heavy (non-hydrogen) atoms. The van der Waals surface area contributed by atoms with E-state index in [1.807, 2.05) is 13.8 Å². The van der Waals surface area contributed by atoms with Crippen molar-refractivity contribution >= 4 is 33.0 Å². The first-order chi connectivity index (χ1) is 13.7. The van der Waals surface area contributed by atoms with Crippen molar-refractivity contribution in [2.45, 2.75) is 62.2 Å². The molecule has 0 saturated heterocycles. The van der Waals surface area contributed by atoms with E-state index in [1.54, 1.807) is 7.11 Å². The van der Waals surface area contributed by atoms with E-state index in [0.29, 0.717) is 5.01 Å². The summed E-state index contributed by atoms with van der Waals surface area (Å²) in [6, 6.07) is 1.62. The van der Waals surface area contributed by atoms with Crippen LogP contribution >= 0.6 is 11.3 Å². The molecule has 1 aromatic carbocycles. The van der Waals surface area contributed by atoms with Crippen LogP contribution in [0.15, 0.2) is 20.8 Å². The number of hydrogen-bond donors (Lipinski definition) is 2. The first kappa shape index (κ1) is 20.5. The maximum atomic E-state index is 13.0. The van der Waals surface area contributed by atoms with Gasteiger partial charge in [-0.1, -0.05) is 6.07 Å². The summed E-state index contributed by atoms with van der Waals surface area (Å²) in [5.41, 5.74) is 5.24. The summed E-state index contributed by atoms with van der Waals surface area (Å²) >= 11 is 1.15. The highest BCUT2D eigenvalue weighted by molar-refractivity contribution is 7.93. The van der Waals surface area contributed by atoms with Crippen LogP contribution < -0.4 is 10.5 Å². The van der Waals surface area contributed by atoms with Crippen LogP contribution in [0.3, 0.4) is 0 Å². The zero-order chi connectivity index (χ0) is 20.8. The van der Waals surface area contributed by atoms with Gasteiger partial charge in [0.1, 0.15) is 14.8 Å². The third-order valence-electron chi connectivity index (χ3n) is 5.72. The Morgan fingerprint density at radius 1 is 1.24 bits per heavy atom. The van der Waals surface area contributed by atoms with Crippen LogP contribution in [0.2, 0.25) is 0 Å². The molecule has 2 aliphatic rings. The van der Waals surface area contributed by atoms with Crippen molar-refractivity contribution in [2.75, 3.05) is 12.4 Å². The van der Waals surface area contributed by atoms with E-state index in [2.05, 4.69) is 20.7 Å². The molecule has 9 heteroatoms. The monoisotopic (exact) mass is 434 g/mol. The second-order valence-corrected chi connectivity index (χ2v) is 11.1. The number of nitrogens with two attached hydrogens (primary N) is 1. The Morgan fingerprint density at radius 2 is 1.86 bits per heavy atom. The van der Waals surface area contributed by atoms with Crippen LogP contribution in [-0.4, -0.2) is 22.3 Å². The van der Waals surface area contributed by atoms with Crippen molar-refractivity contribution in [1.29, 1.82) is 0 Å². The maximum absolute atomic E-state index is 13.0. The minimum Gasteiger partial charge on any atom is -0.372 e. The summed E-state index contributed by atoms with van der Waals surface area (Å²) in [6.07, 6.45) is 7.55. The zero-order valence-electron chi connectivity index (χ0n) is 16.9. The average Bonchev–Trinajstić information content (AvgIpc) is 3.40. The molecule has 0 bridgehead atoms. The molecule has 0 saturated carbocycles. The Hall–Kier alpha value is -1.81. The van der Waals surface area contributed by atoms with Crippen molar-refractivity contribution in [2.24, 2.45) is 9.50 Å². The number of methoxy groups -OCH3 is 1. The second kappa shape index (κ2) is 7.46. The van der Waals surface area contributed by atoms with E-state index in [-0.39, 0.29) is 4.21 Å². The third kappa shape index (κ3) is 3.84. The third-order valence-corrected chi connectivity index (χ3v) is 8.90. The lowest BCUT2D eigenvalue weighted by Crippen LogP contribution is -2.19. The Bertz CT molecular complexity index is 1070. The number of carbonyl (C=O) groups excluding carboxylic acids is 1. The van der Waals surface area contributed by atoms with Crippen molar-refractivity contribution in [3.63, 3.8) is 0 Å². The normalized spacial score (nSPS) is 17.5. The van der Waals surface area contributed by atoms with Crippen molar-refractivity contribution < 1.29 is 13.7 Å². The van der Waals surface area contributed by atoms with E-state index < -0.39 is 21.5 Å². The number of aromatic nitrogens is 1. The minimum absolute atomic E-state index is 0.260. The van der Waals surface area contributed by atoms with Gasteiger partial charge in [0.25, 0.3) is 0 Å². The summed E-state index contributed by atoms with van der Waals surface area (Å²) in [5, 5.41) is 9.48. The number of rotatable bonds is 4. The fourth-order valence-corrected chi connectivity index (χ4v) is 6.17. The summed E-state index contributed by atoms with van der Waals surface area (Å²) in [6.45, 7) is 3.71. The van der Waals surface area contributed by atoms with E-state index in [9.17, 15) is 9.00 Å². The van der Waals surface area contributed by atoms with Gasteiger partial charge in [-0.2, -0.15) is 0 Å². The molecule has 0 fully saturated rings. The van der Waals surface area contributed by atoms with Gasteiger partial charge in [0.2, 0.25) is 0 Å². The highest BCUT2D eigenvalue weighted by Gasteiger charge is 2.27. The van der Waals surface area contributed by atoms with E-state index in [1.165, 1.54) is 28.5 Å². The number of urea groups is 1. The molecule has 0 spiro atoms. The molecular formula is C20H26N4O3S2. The molecule has 0 unspecified atom stereocenters. The molecule has 2 aliphatic carbocycles. The predicted octanol–water partition coefficient (Wildman–Crippen LogP) is 3.93. The molecule has 7 nitrogen and oxygen atoms in total. The van der Waals surface area contributed by atoms with Crippen LogP contribution in [-0.2, 0) is 45.9 Å². The van der Waals surface area contributed by atoms with Gasteiger partial charge in [-0.05, 0) is 74.6 Å². The van der Waals surface area contributed by atoms with Crippen molar-refractivity contribution in [3.8, 4) is 0 Å². The number of hydrogen-bond acceptors (Lipinski definition) is 5. The van der Waals surface area contributed by atoms with Gasteiger partial charge in [0, 0.05) is 12.8 Å². The number of aryl methyl sites for hydroxylation is 2. The summed E-state index contributed by atoms with van der Waals surface area (Å²) in [7, 11) is -1.81. The lowest BCUT2D eigenvalue weighted by Gasteiger charge is -2.19. The lowest BCUT2D eigenvalue weighted by molar-refractivity contribution is 0.0190. The van der Waals surface area contributed by atoms with Crippen LogP contribution in [0, 0.1) is 0 Å². The van der Waals surface area contributed by atoms with Gasteiger partial charge in [-0.25, -0.2) is 19.1 Å². The number of anilines is 1. The number of fused-ring (bicyclic) bond motifs is 2. The topological polar surface area (TPSA) is 107 Å². The SMILES string of the molecule is COC(C)(C)c1ncc([S@](N)(=O)=NC(=O)Nc2c3c(cc4c2CCC4)CCC3)s1. The van der Waals surface area contributed by atoms with Crippen LogP contribution in [0.5, 0.6) is 0 Å².